The molecule has 128 valence electrons. The number of amides is 1. The highest BCUT2D eigenvalue weighted by molar-refractivity contribution is 6.06. The molecule has 0 aliphatic heterocycles. The number of carbonyl (C=O) groups is 1. The molecule has 6 heteroatoms. The summed E-state index contributed by atoms with van der Waals surface area (Å²) in [5.74, 6) is -0.540. The molecule has 0 radical (unpaired) electrons. The number of aryl methyl sites for hydroxylation is 1. The first kappa shape index (κ1) is 16.8. The molecule has 2 aromatic heterocycles. The Morgan fingerprint density at radius 2 is 2.08 bits per heavy atom. The summed E-state index contributed by atoms with van der Waals surface area (Å²) < 4.78 is 13.4. The third kappa shape index (κ3) is 4.29. The number of fused-ring (bicyclic) bond motifs is 1. The predicted molar refractivity (Wildman–Crippen MR) is 96.1 cm³/mol. The maximum atomic E-state index is 13.4. The predicted octanol–water partition coefficient (Wildman–Crippen LogP) is 3.31. The lowest BCUT2D eigenvalue weighted by Gasteiger charge is -2.10. The van der Waals surface area contributed by atoms with Crippen LogP contribution in [0.4, 0.5) is 10.1 Å². The van der Waals surface area contributed by atoms with Gasteiger partial charge in [0, 0.05) is 42.6 Å². The van der Waals surface area contributed by atoms with Crippen molar-refractivity contribution in [1.82, 2.24) is 15.3 Å². The molecule has 25 heavy (non-hydrogen) atoms. The van der Waals surface area contributed by atoms with Gasteiger partial charge in [-0.25, -0.2) is 4.39 Å². The minimum atomic E-state index is -0.363. The number of hydrogen-bond donors (Lipinski definition) is 2. The highest BCUT2D eigenvalue weighted by Crippen LogP contribution is 2.19. The van der Waals surface area contributed by atoms with E-state index < -0.39 is 0 Å². The number of benzene rings is 1. The number of carbonyl (C=O) groups excluding carboxylic acids is 1. The number of halogens is 1. The van der Waals surface area contributed by atoms with E-state index in [1.807, 2.05) is 12.1 Å². The highest BCUT2D eigenvalue weighted by Gasteiger charge is 2.12. The van der Waals surface area contributed by atoms with Crippen molar-refractivity contribution in [2.45, 2.75) is 13.3 Å². The Balaban J connectivity index is 1.59. The van der Waals surface area contributed by atoms with Crippen molar-refractivity contribution in [3.05, 3.63) is 65.9 Å². The van der Waals surface area contributed by atoms with Crippen LogP contribution in [-0.2, 0) is 0 Å². The van der Waals surface area contributed by atoms with E-state index in [-0.39, 0.29) is 11.7 Å². The van der Waals surface area contributed by atoms with Gasteiger partial charge in [-0.2, -0.15) is 0 Å². The van der Waals surface area contributed by atoms with Crippen molar-refractivity contribution in [2.24, 2.45) is 0 Å². The van der Waals surface area contributed by atoms with Gasteiger partial charge in [0.15, 0.2) is 0 Å². The molecular weight excluding hydrogens is 319 g/mol. The molecule has 3 rings (SSSR count). The number of aromatic nitrogens is 2. The van der Waals surface area contributed by atoms with Crippen LogP contribution in [0.5, 0.6) is 0 Å². The van der Waals surface area contributed by atoms with E-state index >= 15 is 0 Å². The molecule has 0 atom stereocenters. The van der Waals surface area contributed by atoms with E-state index in [9.17, 15) is 9.18 Å². The Hall–Kier alpha value is -3.02. The van der Waals surface area contributed by atoms with Gasteiger partial charge in [0.2, 0.25) is 0 Å². The number of rotatable bonds is 6. The molecule has 0 aliphatic rings. The minimum absolute atomic E-state index is 0.177. The second kappa shape index (κ2) is 7.70. The molecule has 1 aromatic carbocycles. The zero-order valence-electron chi connectivity index (χ0n) is 13.9. The molecule has 0 aliphatic carbocycles. The maximum absolute atomic E-state index is 13.4. The van der Waals surface area contributed by atoms with Crippen LogP contribution in [0.3, 0.4) is 0 Å². The first-order valence-corrected chi connectivity index (χ1v) is 8.12. The topological polar surface area (TPSA) is 66.9 Å². The second-order valence-electron chi connectivity index (χ2n) is 5.75. The summed E-state index contributed by atoms with van der Waals surface area (Å²) in [5, 5.41) is 6.79. The van der Waals surface area contributed by atoms with Crippen LogP contribution in [0.2, 0.25) is 0 Å². The largest absolute Gasteiger partial charge is 0.384 e. The Labute approximate surface area is 145 Å². The van der Waals surface area contributed by atoms with Gasteiger partial charge < -0.3 is 10.6 Å². The van der Waals surface area contributed by atoms with E-state index in [2.05, 4.69) is 20.6 Å². The fourth-order valence-electron chi connectivity index (χ4n) is 2.61. The quantitative estimate of drug-likeness (QED) is 0.677. The van der Waals surface area contributed by atoms with Gasteiger partial charge in [0.1, 0.15) is 5.82 Å². The SMILES string of the molecule is Cc1cc(C(=O)NCCCNc2cccnc2)c2ccc(F)cc2n1. The number of pyridine rings is 2. The number of anilines is 1. The molecule has 0 unspecified atom stereocenters. The molecule has 2 N–H and O–H groups in total. The summed E-state index contributed by atoms with van der Waals surface area (Å²) in [6.07, 6.45) is 4.25. The number of nitrogens with one attached hydrogen (secondary N) is 2. The lowest BCUT2D eigenvalue weighted by Crippen LogP contribution is -2.26. The molecule has 1 amide bonds. The van der Waals surface area contributed by atoms with Crippen molar-refractivity contribution in [2.75, 3.05) is 18.4 Å². The summed E-state index contributed by atoms with van der Waals surface area (Å²) in [7, 11) is 0. The summed E-state index contributed by atoms with van der Waals surface area (Å²) in [4.78, 5) is 20.8. The van der Waals surface area contributed by atoms with Crippen LogP contribution < -0.4 is 10.6 Å². The van der Waals surface area contributed by atoms with Crippen molar-refractivity contribution in [3.63, 3.8) is 0 Å². The van der Waals surface area contributed by atoms with E-state index in [1.54, 1.807) is 31.5 Å². The van der Waals surface area contributed by atoms with Gasteiger partial charge in [-0.05, 0) is 43.7 Å². The normalized spacial score (nSPS) is 10.6. The minimum Gasteiger partial charge on any atom is -0.384 e. The lowest BCUT2D eigenvalue weighted by atomic mass is 10.1. The van der Waals surface area contributed by atoms with Crippen LogP contribution in [0, 0.1) is 12.7 Å². The standard InChI is InChI=1S/C19H19FN4O/c1-13-10-17(16-6-5-14(20)11-18(16)24-13)19(25)23-9-3-8-22-15-4-2-7-21-12-15/h2,4-7,10-12,22H,3,8-9H2,1H3,(H,23,25). The number of nitrogens with zero attached hydrogens (tertiary/aromatic N) is 2. The fraction of sp³-hybridized carbons (Fsp3) is 0.211. The first-order chi connectivity index (χ1) is 12.1. The van der Waals surface area contributed by atoms with E-state index in [4.69, 9.17) is 0 Å². The zero-order valence-corrected chi connectivity index (χ0v) is 13.9. The van der Waals surface area contributed by atoms with Crippen molar-refractivity contribution in [3.8, 4) is 0 Å². The van der Waals surface area contributed by atoms with Crippen LogP contribution >= 0.6 is 0 Å². The van der Waals surface area contributed by atoms with Gasteiger partial charge in [-0.15, -0.1) is 0 Å². The van der Waals surface area contributed by atoms with Crippen molar-refractivity contribution >= 4 is 22.5 Å². The van der Waals surface area contributed by atoms with Crippen LogP contribution in [0.1, 0.15) is 22.5 Å². The van der Waals surface area contributed by atoms with E-state index in [0.29, 0.717) is 28.7 Å². The molecule has 0 fully saturated rings. The smallest absolute Gasteiger partial charge is 0.252 e. The van der Waals surface area contributed by atoms with Crippen molar-refractivity contribution < 1.29 is 9.18 Å². The van der Waals surface area contributed by atoms with Gasteiger partial charge in [0.25, 0.3) is 5.91 Å². The molecule has 0 saturated heterocycles. The van der Waals surface area contributed by atoms with Gasteiger partial charge in [-0.1, -0.05) is 0 Å². The average Bonchev–Trinajstić information content (AvgIpc) is 2.61. The Bertz CT molecular complexity index is 878. The van der Waals surface area contributed by atoms with Crippen LogP contribution in [0.15, 0.2) is 48.8 Å². The average molecular weight is 338 g/mol. The monoisotopic (exact) mass is 338 g/mol. The van der Waals surface area contributed by atoms with Gasteiger partial charge >= 0.3 is 0 Å². The molecule has 3 aromatic rings. The number of hydrogen-bond acceptors (Lipinski definition) is 4. The summed E-state index contributed by atoms with van der Waals surface area (Å²) in [5.41, 5.74) is 2.64. The molecule has 2 heterocycles. The first-order valence-electron chi connectivity index (χ1n) is 8.12. The highest BCUT2D eigenvalue weighted by atomic mass is 19.1. The van der Waals surface area contributed by atoms with Gasteiger partial charge in [-0.3, -0.25) is 14.8 Å². The zero-order chi connectivity index (χ0) is 17.6. The van der Waals surface area contributed by atoms with E-state index in [0.717, 1.165) is 18.7 Å². The Morgan fingerprint density at radius 1 is 1.20 bits per heavy atom. The van der Waals surface area contributed by atoms with Crippen LogP contribution in [-0.4, -0.2) is 29.0 Å². The lowest BCUT2D eigenvalue weighted by molar-refractivity contribution is 0.0955. The second-order valence-corrected chi connectivity index (χ2v) is 5.75. The molecule has 5 nitrogen and oxygen atoms in total. The fourth-order valence-corrected chi connectivity index (χ4v) is 2.61. The van der Waals surface area contributed by atoms with E-state index in [1.165, 1.54) is 12.1 Å². The summed E-state index contributed by atoms with van der Waals surface area (Å²) >= 11 is 0. The van der Waals surface area contributed by atoms with Gasteiger partial charge in [0.05, 0.1) is 16.8 Å². The van der Waals surface area contributed by atoms with Crippen molar-refractivity contribution in [1.29, 1.82) is 0 Å². The van der Waals surface area contributed by atoms with Crippen LogP contribution in [0.25, 0.3) is 10.9 Å². The third-order valence-corrected chi connectivity index (χ3v) is 3.77. The summed E-state index contributed by atoms with van der Waals surface area (Å²) in [6, 6.07) is 9.81. The molecule has 0 spiro atoms. The third-order valence-electron chi connectivity index (χ3n) is 3.77. The molecule has 0 bridgehead atoms. The molecule has 0 saturated carbocycles. The Kier molecular flexibility index (Phi) is 5.18. The Morgan fingerprint density at radius 3 is 2.88 bits per heavy atom. The summed E-state index contributed by atoms with van der Waals surface area (Å²) in [6.45, 7) is 3.06. The maximum Gasteiger partial charge on any atom is 0.252 e. The molecular formula is C19H19FN4O.